The predicted octanol–water partition coefficient (Wildman–Crippen LogP) is 4.76. The van der Waals surface area contributed by atoms with E-state index in [0.29, 0.717) is 35.0 Å². The Bertz CT molecular complexity index is 1270. The smallest absolute Gasteiger partial charge is 0.224 e. The molecule has 2 heterocycles. The first-order valence-electron chi connectivity index (χ1n) is 11.2. The lowest BCUT2D eigenvalue weighted by Crippen LogP contribution is -2.29. The topological polar surface area (TPSA) is 113 Å². The number of benzene rings is 2. The minimum atomic E-state index is 0.332. The molecular formula is C25H28N6O. The van der Waals surface area contributed by atoms with E-state index in [4.69, 9.17) is 15.6 Å². The standard InChI is InChI=1S/C25H28N6O/c1-28-25-30-14-20(24(31-25)29-13-15-6-9-17(26)10-7-15)23(27)16-8-11-22-19(12-16)18-4-2-3-5-21(18)32-22/h2-5,8,11-12,14-15,17,27H,6-7,9-10,13,26H2,1H3,(H2,28,29,30,31). The molecule has 4 aromatic rings. The first-order chi connectivity index (χ1) is 15.6. The average Bonchev–Trinajstić information content (AvgIpc) is 3.21. The van der Waals surface area contributed by atoms with Gasteiger partial charge in [0.05, 0.1) is 11.3 Å². The number of fused-ring (bicyclic) bond motifs is 3. The summed E-state index contributed by atoms with van der Waals surface area (Å²) < 4.78 is 5.94. The highest BCUT2D eigenvalue weighted by Crippen LogP contribution is 2.30. The fourth-order valence-electron chi connectivity index (χ4n) is 4.49. The minimum absolute atomic E-state index is 0.332. The van der Waals surface area contributed by atoms with Crippen LogP contribution in [0.1, 0.15) is 36.8 Å². The summed E-state index contributed by atoms with van der Waals surface area (Å²) in [5.41, 5.74) is 9.59. The zero-order valence-corrected chi connectivity index (χ0v) is 18.2. The summed E-state index contributed by atoms with van der Waals surface area (Å²) in [4.78, 5) is 9.00. The number of nitrogens with one attached hydrogen (secondary N) is 3. The Labute approximate surface area is 186 Å². The molecule has 0 spiro atoms. The number of hydrogen-bond acceptors (Lipinski definition) is 7. The molecule has 5 N–H and O–H groups in total. The van der Waals surface area contributed by atoms with Crippen molar-refractivity contribution in [2.75, 3.05) is 24.2 Å². The van der Waals surface area contributed by atoms with Gasteiger partial charge in [0.2, 0.25) is 5.95 Å². The Morgan fingerprint density at radius 1 is 1.09 bits per heavy atom. The SMILES string of the molecule is CNc1ncc(C(=N)c2ccc3oc4ccccc4c3c2)c(NCC2CCC(N)CC2)n1. The van der Waals surface area contributed by atoms with Crippen LogP contribution in [0.3, 0.4) is 0 Å². The molecule has 1 aliphatic rings. The van der Waals surface area contributed by atoms with Crippen LogP contribution < -0.4 is 16.4 Å². The Balaban J connectivity index is 1.45. The molecule has 0 unspecified atom stereocenters. The number of anilines is 2. The van der Waals surface area contributed by atoms with Gasteiger partial charge in [-0.3, -0.25) is 5.41 Å². The number of nitrogens with two attached hydrogens (primary N) is 1. The molecule has 1 aliphatic carbocycles. The predicted molar refractivity (Wildman–Crippen MR) is 130 cm³/mol. The van der Waals surface area contributed by atoms with E-state index in [2.05, 4.69) is 20.6 Å². The summed E-state index contributed by atoms with van der Waals surface area (Å²) in [6, 6.07) is 14.2. The Morgan fingerprint density at radius 2 is 1.88 bits per heavy atom. The maximum absolute atomic E-state index is 8.94. The second-order valence-corrected chi connectivity index (χ2v) is 8.55. The monoisotopic (exact) mass is 428 g/mol. The van der Waals surface area contributed by atoms with Crippen molar-refractivity contribution in [3.8, 4) is 0 Å². The van der Waals surface area contributed by atoms with Gasteiger partial charge < -0.3 is 20.8 Å². The quantitative estimate of drug-likeness (QED) is 0.329. The van der Waals surface area contributed by atoms with E-state index in [0.717, 1.165) is 59.7 Å². The van der Waals surface area contributed by atoms with Crippen molar-refractivity contribution in [1.29, 1.82) is 5.41 Å². The number of aromatic nitrogens is 2. The van der Waals surface area contributed by atoms with Gasteiger partial charge in [0, 0.05) is 42.2 Å². The third kappa shape index (κ3) is 3.91. The van der Waals surface area contributed by atoms with E-state index in [1.807, 2.05) is 42.5 Å². The molecule has 0 atom stereocenters. The normalized spacial score (nSPS) is 18.7. The van der Waals surface area contributed by atoms with Gasteiger partial charge in [0.1, 0.15) is 17.0 Å². The summed E-state index contributed by atoms with van der Waals surface area (Å²) in [6.45, 7) is 0.818. The van der Waals surface area contributed by atoms with Crippen LogP contribution in [-0.4, -0.2) is 35.3 Å². The van der Waals surface area contributed by atoms with Crippen LogP contribution in [-0.2, 0) is 0 Å². The summed E-state index contributed by atoms with van der Waals surface area (Å²) in [6.07, 6.45) is 6.10. The molecule has 0 amide bonds. The zero-order valence-electron chi connectivity index (χ0n) is 18.2. The Kier molecular flexibility index (Phi) is 5.49. The summed E-state index contributed by atoms with van der Waals surface area (Å²) in [7, 11) is 1.80. The maximum atomic E-state index is 8.94. The molecule has 7 heteroatoms. The summed E-state index contributed by atoms with van der Waals surface area (Å²) in [5.74, 6) is 1.78. The number of rotatable bonds is 6. The number of furan rings is 1. The van der Waals surface area contributed by atoms with Crippen LogP contribution >= 0.6 is 0 Å². The molecule has 1 saturated carbocycles. The van der Waals surface area contributed by atoms with Gasteiger partial charge in [-0.15, -0.1) is 0 Å². The lowest BCUT2D eigenvalue weighted by Gasteiger charge is -2.26. The highest BCUT2D eigenvalue weighted by Gasteiger charge is 2.20. The maximum Gasteiger partial charge on any atom is 0.224 e. The number of hydrogen-bond donors (Lipinski definition) is 4. The molecule has 2 aromatic heterocycles. The van der Waals surface area contributed by atoms with Crippen LogP contribution in [0.15, 0.2) is 53.1 Å². The first-order valence-corrected chi connectivity index (χ1v) is 11.2. The van der Waals surface area contributed by atoms with Crippen LogP contribution in [0.2, 0.25) is 0 Å². The van der Waals surface area contributed by atoms with Crippen LogP contribution in [0.25, 0.3) is 21.9 Å². The van der Waals surface area contributed by atoms with Gasteiger partial charge in [-0.25, -0.2) is 4.98 Å². The highest BCUT2D eigenvalue weighted by molar-refractivity contribution is 6.16. The third-order valence-corrected chi connectivity index (χ3v) is 6.40. The Morgan fingerprint density at radius 3 is 2.69 bits per heavy atom. The van der Waals surface area contributed by atoms with Crippen molar-refractivity contribution >= 4 is 39.4 Å². The van der Waals surface area contributed by atoms with E-state index in [9.17, 15) is 0 Å². The van der Waals surface area contributed by atoms with E-state index in [1.54, 1.807) is 13.2 Å². The number of nitrogens with zero attached hydrogens (tertiary/aromatic N) is 2. The second-order valence-electron chi connectivity index (χ2n) is 8.55. The van der Waals surface area contributed by atoms with Gasteiger partial charge >= 0.3 is 0 Å². The lowest BCUT2D eigenvalue weighted by atomic mass is 9.86. The average molecular weight is 429 g/mol. The molecule has 7 nitrogen and oxygen atoms in total. The third-order valence-electron chi connectivity index (χ3n) is 6.40. The largest absolute Gasteiger partial charge is 0.456 e. The van der Waals surface area contributed by atoms with Gasteiger partial charge in [-0.05, 0) is 55.9 Å². The van der Waals surface area contributed by atoms with Gasteiger partial charge in [0.15, 0.2) is 0 Å². The van der Waals surface area contributed by atoms with Crippen LogP contribution in [0.5, 0.6) is 0 Å². The molecule has 0 radical (unpaired) electrons. The molecule has 1 fully saturated rings. The van der Waals surface area contributed by atoms with E-state index >= 15 is 0 Å². The molecule has 2 aromatic carbocycles. The van der Waals surface area contributed by atoms with Crippen LogP contribution in [0.4, 0.5) is 11.8 Å². The molecular weight excluding hydrogens is 400 g/mol. The van der Waals surface area contributed by atoms with Crippen molar-refractivity contribution in [3.05, 3.63) is 59.8 Å². The summed E-state index contributed by atoms with van der Waals surface area (Å²) in [5, 5.41) is 17.5. The molecule has 0 saturated heterocycles. The van der Waals surface area contributed by atoms with E-state index < -0.39 is 0 Å². The second kappa shape index (κ2) is 8.59. The lowest BCUT2D eigenvalue weighted by molar-refractivity contribution is 0.338. The van der Waals surface area contributed by atoms with E-state index in [-0.39, 0.29) is 0 Å². The van der Waals surface area contributed by atoms with Crippen molar-refractivity contribution in [2.24, 2.45) is 11.7 Å². The molecule has 32 heavy (non-hydrogen) atoms. The number of para-hydroxylation sites is 1. The fourth-order valence-corrected chi connectivity index (χ4v) is 4.49. The highest BCUT2D eigenvalue weighted by atomic mass is 16.3. The zero-order chi connectivity index (χ0) is 22.1. The van der Waals surface area contributed by atoms with Crippen molar-refractivity contribution in [3.63, 3.8) is 0 Å². The minimum Gasteiger partial charge on any atom is -0.456 e. The molecule has 5 rings (SSSR count). The van der Waals surface area contributed by atoms with Gasteiger partial charge in [-0.1, -0.05) is 18.2 Å². The first kappa shape index (κ1) is 20.5. The fraction of sp³-hybridized carbons (Fsp3) is 0.320. The van der Waals surface area contributed by atoms with Gasteiger partial charge in [-0.2, -0.15) is 4.98 Å². The van der Waals surface area contributed by atoms with Crippen molar-refractivity contribution in [2.45, 2.75) is 31.7 Å². The Hall–Kier alpha value is -3.45. The van der Waals surface area contributed by atoms with Gasteiger partial charge in [0.25, 0.3) is 0 Å². The van der Waals surface area contributed by atoms with E-state index in [1.165, 1.54) is 0 Å². The summed E-state index contributed by atoms with van der Waals surface area (Å²) >= 11 is 0. The van der Waals surface area contributed by atoms with Crippen molar-refractivity contribution < 1.29 is 4.42 Å². The molecule has 0 bridgehead atoms. The van der Waals surface area contributed by atoms with Crippen LogP contribution in [0, 0.1) is 11.3 Å². The van der Waals surface area contributed by atoms with Crippen molar-refractivity contribution in [1.82, 2.24) is 9.97 Å². The molecule has 164 valence electrons. The molecule has 0 aliphatic heterocycles.